The smallest absolute Gasteiger partial charge is 0.240 e. The molecule has 0 bridgehead atoms. The van der Waals surface area contributed by atoms with Gasteiger partial charge in [0.15, 0.2) is 0 Å². The van der Waals surface area contributed by atoms with Gasteiger partial charge in [0.1, 0.15) is 18.1 Å². The highest BCUT2D eigenvalue weighted by atomic mass is 16.5. The highest BCUT2D eigenvalue weighted by Crippen LogP contribution is 2.28. The molecule has 0 aliphatic carbocycles. The molecular weight excluding hydrogens is 424 g/mol. The van der Waals surface area contributed by atoms with Gasteiger partial charge in [-0.3, -0.25) is 19.3 Å². The van der Waals surface area contributed by atoms with Gasteiger partial charge in [-0.15, -0.1) is 0 Å². The third-order valence-electron chi connectivity index (χ3n) is 5.11. The molecule has 0 spiro atoms. The Kier molecular flexibility index (Phi) is 9.19. The Balaban J connectivity index is 1.65. The summed E-state index contributed by atoms with van der Waals surface area (Å²) in [5.74, 6) is -0.0724. The second-order valence-corrected chi connectivity index (χ2v) is 7.58. The molecule has 9 nitrogen and oxygen atoms in total. The minimum absolute atomic E-state index is 0.00380. The van der Waals surface area contributed by atoms with E-state index in [4.69, 9.17) is 9.47 Å². The average molecular weight is 455 g/mol. The molecule has 33 heavy (non-hydrogen) atoms. The lowest BCUT2D eigenvalue weighted by Gasteiger charge is -2.25. The van der Waals surface area contributed by atoms with E-state index in [0.717, 1.165) is 12.8 Å². The van der Waals surface area contributed by atoms with E-state index in [1.54, 1.807) is 48.7 Å². The summed E-state index contributed by atoms with van der Waals surface area (Å²) >= 11 is 0. The molecule has 1 saturated heterocycles. The van der Waals surface area contributed by atoms with Crippen molar-refractivity contribution in [3.8, 4) is 5.75 Å². The largest absolute Gasteiger partial charge is 0.492 e. The van der Waals surface area contributed by atoms with E-state index in [-0.39, 0.29) is 43.2 Å². The van der Waals surface area contributed by atoms with Gasteiger partial charge in [0.25, 0.3) is 0 Å². The van der Waals surface area contributed by atoms with Gasteiger partial charge in [0.2, 0.25) is 17.7 Å². The molecular formula is C24H30N4O5. The van der Waals surface area contributed by atoms with Crippen molar-refractivity contribution in [2.24, 2.45) is 0 Å². The van der Waals surface area contributed by atoms with Crippen molar-refractivity contribution in [2.75, 3.05) is 36.5 Å². The molecule has 3 rings (SSSR count). The minimum Gasteiger partial charge on any atom is -0.492 e. The van der Waals surface area contributed by atoms with Crippen LogP contribution in [0.15, 0.2) is 48.7 Å². The topological polar surface area (TPSA) is 110 Å². The summed E-state index contributed by atoms with van der Waals surface area (Å²) in [6.07, 6.45) is 3.35. The first-order valence-corrected chi connectivity index (χ1v) is 11.2. The van der Waals surface area contributed by atoms with Crippen molar-refractivity contribution >= 4 is 29.2 Å². The molecule has 1 aliphatic heterocycles. The summed E-state index contributed by atoms with van der Waals surface area (Å²) in [6.45, 7) is 3.18. The van der Waals surface area contributed by atoms with E-state index in [1.807, 2.05) is 6.92 Å². The average Bonchev–Trinajstić information content (AvgIpc) is 3.35. The molecule has 1 aromatic carbocycles. The fourth-order valence-electron chi connectivity index (χ4n) is 3.50. The first-order chi connectivity index (χ1) is 16.1. The summed E-state index contributed by atoms with van der Waals surface area (Å²) < 4.78 is 11.2. The van der Waals surface area contributed by atoms with E-state index in [1.165, 1.54) is 4.90 Å². The molecule has 0 unspecified atom stereocenters. The zero-order chi connectivity index (χ0) is 23.5. The lowest BCUT2D eigenvalue weighted by molar-refractivity contribution is -0.125. The van der Waals surface area contributed by atoms with Crippen LogP contribution in [0.3, 0.4) is 0 Å². The standard InChI is InChI=1S/C24H30N4O5/c1-2-32-20-10-4-3-9-19(20)28(17-23(30)26-16-18-8-7-15-33-18)24(31)13-12-22(29)27-21-11-5-6-14-25-21/h3-6,9-11,14,18H,2,7-8,12-13,15-17H2,1H3,(H,26,30)(H,25,27,29)/t18-/m0/s1. The van der Waals surface area contributed by atoms with Gasteiger partial charge in [-0.2, -0.15) is 0 Å². The van der Waals surface area contributed by atoms with Crippen LogP contribution in [0.5, 0.6) is 5.75 Å². The fourth-order valence-corrected chi connectivity index (χ4v) is 3.50. The molecule has 3 amide bonds. The zero-order valence-corrected chi connectivity index (χ0v) is 18.8. The van der Waals surface area contributed by atoms with E-state index in [0.29, 0.717) is 37.0 Å². The number of ether oxygens (including phenoxy) is 2. The minimum atomic E-state index is -0.356. The molecule has 2 heterocycles. The number of aromatic nitrogens is 1. The monoisotopic (exact) mass is 454 g/mol. The zero-order valence-electron chi connectivity index (χ0n) is 18.8. The number of hydrogen-bond donors (Lipinski definition) is 2. The van der Waals surface area contributed by atoms with Gasteiger partial charge in [-0.1, -0.05) is 18.2 Å². The molecule has 1 aromatic heterocycles. The molecule has 2 N–H and O–H groups in total. The van der Waals surface area contributed by atoms with Crippen molar-refractivity contribution in [2.45, 2.75) is 38.7 Å². The summed E-state index contributed by atoms with van der Waals surface area (Å²) in [6, 6.07) is 12.2. The van der Waals surface area contributed by atoms with Gasteiger partial charge < -0.3 is 20.1 Å². The summed E-state index contributed by atoms with van der Waals surface area (Å²) in [7, 11) is 0. The van der Waals surface area contributed by atoms with Gasteiger partial charge in [-0.05, 0) is 44.0 Å². The van der Waals surface area contributed by atoms with E-state index in [9.17, 15) is 14.4 Å². The number of nitrogens with one attached hydrogen (secondary N) is 2. The summed E-state index contributed by atoms with van der Waals surface area (Å²) in [5.41, 5.74) is 0.488. The van der Waals surface area contributed by atoms with Crippen LogP contribution in [0.1, 0.15) is 32.6 Å². The van der Waals surface area contributed by atoms with Crippen LogP contribution in [0, 0.1) is 0 Å². The third kappa shape index (κ3) is 7.57. The first kappa shape index (κ1) is 24.2. The molecule has 9 heteroatoms. The van der Waals surface area contributed by atoms with Crippen LogP contribution in [0.4, 0.5) is 11.5 Å². The number of hydrogen-bond acceptors (Lipinski definition) is 6. The SMILES string of the molecule is CCOc1ccccc1N(CC(=O)NC[C@@H]1CCCO1)C(=O)CCC(=O)Nc1ccccn1. The van der Waals surface area contributed by atoms with Crippen LogP contribution in [-0.2, 0) is 19.1 Å². The lowest BCUT2D eigenvalue weighted by atomic mass is 10.2. The predicted octanol–water partition coefficient (Wildman–Crippen LogP) is 2.53. The number of anilines is 2. The second kappa shape index (κ2) is 12.5. The van der Waals surface area contributed by atoms with Crippen LogP contribution < -0.4 is 20.3 Å². The summed E-state index contributed by atoms with van der Waals surface area (Å²) in [5, 5.41) is 5.50. The van der Waals surface area contributed by atoms with E-state index < -0.39 is 0 Å². The van der Waals surface area contributed by atoms with Crippen molar-refractivity contribution < 1.29 is 23.9 Å². The molecule has 1 fully saturated rings. The second-order valence-electron chi connectivity index (χ2n) is 7.58. The van der Waals surface area contributed by atoms with E-state index in [2.05, 4.69) is 15.6 Å². The predicted molar refractivity (Wildman–Crippen MR) is 124 cm³/mol. The van der Waals surface area contributed by atoms with Crippen molar-refractivity contribution in [1.82, 2.24) is 10.3 Å². The quantitative estimate of drug-likeness (QED) is 0.540. The number of amides is 3. The molecule has 0 radical (unpaired) electrons. The van der Waals surface area contributed by atoms with Crippen molar-refractivity contribution in [1.29, 1.82) is 0 Å². The lowest BCUT2D eigenvalue weighted by Crippen LogP contribution is -2.43. The van der Waals surface area contributed by atoms with Crippen LogP contribution in [-0.4, -0.2) is 55.1 Å². The molecule has 1 aliphatic rings. The Hall–Kier alpha value is -3.46. The Labute approximate surface area is 193 Å². The van der Waals surface area contributed by atoms with Crippen molar-refractivity contribution in [3.05, 3.63) is 48.7 Å². The van der Waals surface area contributed by atoms with Crippen LogP contribution >= 0.6 is 0 Å². The normalized spacial score (nSPS) is 15.0. The number of carbonyl (C=O) groups is 3. The number of nitrogens with zero attached hydrogens (tertiary/aromatic N) is 2. The van der Waals surface area contributed by atoms with Crippen molar-refractivity contribution in [3.63, 3.8) is 0 Å². The van der Waals surface area contributed by atoms with Gasteiger partial charge in [0, 0.05) is 32.2 Å². The van der Waals surface area contributed by atoms with E-state index >= 15 is 0 Å². The molecule has 1 atom stereocenters. The number of para-hydroxylation sites is 2. The maximum absolute atomic E-state index is 13.1. The van der Waals surface area contributed by atoms with Gasteiger partial charge in [-0.25, -0.2) is 4.98 Å². The fraction of sp³-hybridized carbons (Fsp3) is 0.417. The highest BCUT2D eigenvalue weighted by molar-refractivity contribution is 6.02. The maximum atomic E-state index is 13.1. The summed E-state index contributed by atoms with van der Waals surface area (Å²) in [4.78, 5) is 43.5. The number of rotatable bonds is 11. The highest BCUT2D eigenvalue weighted by Gasteiger charge is 2.24. The molecule has 2 aromatic rings. The van der Waals surface area contributed by atoms with Crippen LogP contribution in [0.25, 0.3) is 0 Å². The van der Waals surface area contributed by atoms with Crippen LogP contribution in [0.2, 0.25) is 0 Å². The van der Waals surface area contributed by atoms with Gasteiger partial charge in [0.05, 0.1) is 18.4 Å². The van der Waals surface area contributed by atoms with Gasteiger partial charge >= 0.3 is 0 Å². The maximum Gasteiger partial charge on any atom is 0.240 e. The first-order valence-electron chi connectivity index (χ1n) is 11.2. The molecule has 0 saturated carbocycles. The number of benzene rings is 1. The number of carbonyl (C=O) groups excluding carboxylic acids is 3. The Morgan fingerprint density at radius 2 is 1.94 bits per heavy atom. The third-order valence-corrected chi connectivity index (χ3v) is 5.11. The Bertz CT molecular complexity index is 931. The molecule has 176 valence electrons. The Morgan fingerprint density at radius 1 is 1.12 bits per heavy atom. The Morgan fingerprint density at radius 3 is 2.67 bits per heavy atom. The number of pyridine rings is 1.